The Bertz CT molecular complexity index is 734. The maximum Gasteiger partial charge on any atom is 0.240 e. The van der Waals surface area contributed by atoms with Crippen LogP contribution in [0.3, 0.4) is 0 Å². The van der Waals surface area contributed by atoms with Crippen molar-refractivity contribution in [2.24, 2.45) is 7.05 Å². The molecule has 23 heavy (non-hydrogen) atoms. The monoisotopic (exact) mass is 333 g/mol. The van der Waals surface area contributed by atoms with Gasteiger partial charge in [-0.15, -0.1) is 0 Å². The second-order valence-corrected chi connectivity index (χ2v) is 7.73. The second kappa shape index (κ2) is 6.86. The fourth-order valence-corrected chi connectivity index (χ4v) is 4.23. The molecule has 124 valence electrons. The standard InChI is InChI=1S/C17H23N3O2S/c1-19-11-7-10-16(19)17(20-12-5-6-13-20)14-18-23(21,22)15-8-3-2-4-9-15/h2-4,7-11,17-18H,5-6,12-14H2,1H3/t17-/m1/s1. The van der Waals surface area contributed by atoms with Gasteiger partial charge in [0.1, 0.15) is 0 Å². The third kappa shape index (κ3) is 3.65. The molecule has 1 aromatic heterocycles. The van der Waals surface area contributed by atoms with Crippen LogP contribution in [0.15, 0.2) is 53.6 Å². The highest BCUT2D eigenvalue weighted by atomic mass is 32.2. The Morgan fingerprint density at radius 1 is 1.09 bits per heavy atom. The molecule has 0 aliphatic carbocycles. The summed E-state index contributed by atoms with van der Waals surface area (Å²) in [6, 6.07) is 12.7. The smallest absolute Gasteiger partial charge is 0.240 e. The lowest BCUT2D eigenvalue weighted by molar-refractivity contribution is 0.238. The Balaban J connectivity index is 1.78. The molecule has 5 nitrogen and oxygen atoms in total. The molecule has 6 heteroatoms. The van der Waals surface area contributed by atoms with Gasteiger partial charge in [0, 0.05) is 25.5 Å². The summed E-state index contributed by atoms with van der Waals surface area (Å²) in [5, 5.41) is 0. The van der Waals surface area contributed by atoms with Gasteiger partial charge in [-0.1, -0.05) is 18.2 Å². The summed E-state index contributed by atoms with van der Waals surface area (Å²) in [6.45, 7) is 2.42. The van der Waals surface area contributed by atoms with Crippen molar-refractivity contribution >= 4 is 10.0 Å². The van der Waals surface area contributed by atoms with Crippen LogP contribution >= 0.6 is 0 Å². The molecule has 0 bridgehead atoms. The van der Waals surface area contributed by atoms with Crippen molar-refractivity contribution < 1.29 is 8.42 Å². The highest BCUT2D eigenvalue weighted by molar-refractivity contribution is 7.89. The number of hydrogen-bond acceptors (Lipinski definition) is 3. The summed E-state index contributed by atoms with van der Waals surface area (Å²) < 4.78 is 29.8. The van der Waals surface area contributed by atoms with E-state index in [-0.39, 0.29) is 6.04 Å². The van der Waals surface area contributed by atoms with E-state index in [1.54, 1.807) is 24.3 Å². The number of aryl methyl sites for hydroxylation is 1. The largest absolute Gasteiger partial charge is 0.353 e. The topological polar surface area (TPSA) is 54.3 Å². The number of benzene rings is 1. The van der Waals surface area contributed by atoms with Crippen molar-refractivity contribution in [3.8, 4) is 0 Å². The molecule has 1 atom stereocenters. The van der Waals surface area contributed by atoms with Gasteiger partial charge in [-0.25, -0.2) is 13.1 Å². The van der Waals surface area contributed by atoms with Gasteiger partial charge in [-0.05, 0) is 50.2 Å². The van der Waals surface area contributed by atoms with E-state index in [1.807, 2.05) is 25.4 Å². The zero-order valence-corrected chi connectivity index (χ0v) is 14.2. The molecule has 1 aromatic carbocycles. The van der Waals surface area contributed by atoms with Gasteiger partial charge in [-0.3, -0.25) is 4.90 Å². The summed E-state index contributed by atoms with van der Waals surface area (Å²) >= 11 is 0. The van der Waals surface area contributed by atoms with Crippen LogP contribution in [-0.2, 0) is 17.1 Å². The molecule has 1 aliphatic rings. The number of hydrogen-bond donors (Lipinski definition) is 1. The summed E-state index contributed by atoms with van der Waals surface area (Å²) in [6.07, 6.45) is 4.35. The van der Waals surface area contributed by atoms with E-state index in [9.17, 15) is 8.42 Å². The Morgan fingerprint density at radius 3 is 2.39 bits per heavy atom. The number of aromatic nitrogens is 1. The van der Waals surface area contributed by atoms with Crippen LogP contribution in [0, 0.1) is 0 Å². The molecule has 3 rings (SSSR count). The van der Waals surface area contributed by atoms with Crippen LogP contribution in [0.5, 0.6) is 0 Å². The third-order valence-corrected chi connectivity index (χ3v) is 5.87. The summed E-state index contributed by atoms with van der Waals surface area (Å²) in [5.41, 5.74) is 1.14. The number of nitrogens with one attached hydrogen (secondary N) is 1. The Hall–Kier alpha value is -1.63. The van der Waals surface area contributed by atoms with Crippen molar-refractivity contribution in [3.05, 3.63) is 54.4 Å². The van der Waals surface area contributed by atoms with E-state index in [1.165, 1.54) is 12.8 Å². The van der Waals surface area contributed by atoms with Crippen molar-refractivity contribution in [3.63, 3.8) is 0 Å². The van der Waals surface area contributed by atoms with Gasteiger partial charge in [-0.2, -0.15) is 0 Å². The SMILES string of the molecule is Cn1cccc1[C@@H](CNS(=O)(=O)c1ccccc1)N1CCCC1. The normalized spacial score (nSPS) is 17.4. The van der Waals surface area contributed by atoms with E-state index in [4.69, 9.17) is 0 Å². The molecular formula is C17H23N3O2S. The average Bonchev–Trinajstić information content (AvgIpc) is 3.21. The maximum atomic E-state index is 12.5. The van der Waals surface area contributed by atoms with Crippen LogP contribution in [-0.4, -0.2) is 37.5 Å². The lowest BCUT2D eigenvalue weighted by Gasteiger charge is -2.28. The molecule has 2 heterocycles. The molecular weight excluding hydrogens is 310 g/mol. The van der Waals surface area contributed by atoms with Gasteiger partial charge >= 0.3 is 0 Å². The first kappa shape index (κ1) is 16.2. The number of likely N-dealkylation sites (tertiary alicyclic amines) is 1. The van der Waals surface area contributed by atoms with Gasteiger partial charge in [0.05, 0.1) is 10.9 Å². The minimum absolute atomic E-state index is 0.0657. The van der Waals surface area contributed by atoms with Crippen LogP contribution in [0.2, 0.25) is 0 Å². The van der Waals surface area contributed by atoms with Gasteiger partial charge in [0.25, 0.3) is 0 Å². The van der Waals surface area contributed by atoms with Crippen molar-refractivity contribution in [1.82, 2.24) is 14.2 Å². The van der Waals surface area contributed by atoms with E-state index in [2.05, 4.69) is 20.3 Å². The van der Waals surface area contributed by atoms with Crippen LogP contribution < -0.4 is 4.72 Å². The van der Waals surface area contributed by atoms with Crippen molar-refractivity contribution in [2.45, 2.75) is 23.8 Å². The van der Waals surface area contributed by atoms with E-state index < -0.39 is 10.0 Å². The summed E-state index contributed by atoms with van der Waals surface area (Å²) in [7, 11) is -1.47. The summed E-state index contributed by atoms with van der Waals surface area (Å²) in [4.78, 5) is 2.68. The minimum atomic E-state index is -3.47. The summed E-state index contributed by atoms with van der Waals surface area (Å²) in [5.74, 6) is 0. The van der Waals surface area contributed by atoms with Crippen LogP contribution in [0.4, 0.5) is 0 Å². The second-order valence-electron chi connectivity index (χ2n) is 5.97. The fraction of sp³-hybridized carbons (Fsp3) is 0.412. The van der Waals surface area contributed by atoms with E-state index in [0.29, 0.717) is 11.4 Å². The molecule has 1 aliphatic heterocycles. The third-order valence-electron chi connectivity index (χ3n) is 4.43. The highest BCUT2D eigenvalue weighted by Gasteiger charge is 2.26. The molecule has 1 fully saturated rings. The molecule has 2 aromatic rings. The van der Waals surface area contributed by atoms with Crippen molar-refractivity contribution in [1.29, 1.82) is 0 Å². The predicted octanol–water partition coefficient (Wildman–Crippen LogP) is 2.14. The molecule has 1 saturated heterocycles. The molecule has 0 amide bonds. The first-order chi connectivity index (χ1) is 11.1. The van der Waals surface area contributed by atoms with E-state index in [0.717, 1.165) is 18.8 Å². The molecule has 0 radical (unpaired) electrons. The average molecular weight is 333 g/mol. The first-order valence-electron chi connectivity index (χ1n) is 7.98. The Labute approximate surface area is 138 Å². The number of nitrogens with zero attached hydrogens (tertiary/aromatic N) is 2. The van der Waals surface area contributed by atoms with E-state index >= 15 is 0 Å². The molecule has 1 N–H and O–H groups in total. The Kier molecular flexibility index (Phi) is 4.84. The first-order valence-corrected chi connectivity index (χ1v) is 9.46. The zero-order chi connectivity index (χ0) is 16.3. The fourth-order valence-electron chi connectivity index (χ4n) is 3.17. The zero-order valence-electron chi connectivity index (χ0n) is 13.4. The van der Waals surface area contributed by atoms with Crippen LogP contribution in [0.25, 0.3) is 0 Å². The maximum absolute atomic E-state index is 12.5. The minimum Gasteiger partial charge on any atom is -0.353 e. The molecule has 0 saturated carbocycles. The number of sulfonamides is 1. The van der Waals surface area contributed by atoms with Gasteiger partial charge in [0.15, 0.2) is 0 Å². The number of rotatable bonds is 6. The lowest BCUT2D eigenvalue weighted by Crippen LogP contribution is -2.37. The quantitative estimate of drug-likeness (QED) is 0.881. The van der Waals surface area contributed by atoms with Gasteiger partial charge < -0.3 is 4.57 Å². The van der Waals surface area contributed by atoms with Crippen LogP contribution in [0.1, 0.15) is 24.6 Å². The molecule has 0 unspecified atom stereocenters. The van der Waals surface area contributed by atoms with Crippen molar-refractivity contribution in [2.75, 3.05) is 19.6 Å². The van der Waals surface area contributed by atoms with Gasteiger partial charge in [0.2, 0.25) is 10.0 Å². The Morgan fingerprint density at radius 2 is 1.78 bits per heavy atom. The predicted molar refractivity (Wildman–Crippen MR) is 90.6 cm³/mol. The highest BCUT2D eigenvalue weighted by Crippen LogP contribution is 2.25. The molecule has 0 spiro atoms. The lowest BCUT2D eigenvalue weighted by atomic mass is 10.2.